The number of carbonyl (C=O) groups excluding carboxylic acids is 1. The predicted octanol–water partition coefficient (Wildman–Crippen LogP) is 2.81. The summed E-state index contributed by atoms with van der Waals surface area (Å²) in [7, 11) is 0. The lowest BCUT2D eigenvalue weighted by atomic mass is 10.0. The average Bonchev–Trinajstić information content (AvgIpc) is 3.50. The van der Waals surface area contributed by atoms with Crippen molar-refractivity contribution in [3.63, 3.8) is 0 Å². The Morgan fingerprint density at radius 3 is 2.91 bits per heavy atom. The zero-order valence-electron chi connectivity index (χ0n) is 18.1. The van der Waals surface area contributed by atoms with E-state index >= 15 is 0 Å². The van der Waals surface area contributed by atoms with Crippen LogP contribution in [-0.2, 0) is 0 Å². The van der Waals surface area contributed by atoms with E-state index in [-0.39, 0.29) is 23.3 Å². The van der Waals surface area contributed by atoms with Crippen molar-refractivity contribution in [1.29, 1.82) is 5.26 Å². The van der Waals surface area contributed by atoms with E-state index in [2.05, 4.69) is 31.6 Å². The molecule has 10 nitrogen and oxygen atoms in total. The molecule has 0 unspecified atom stereocenters. The summed E-state index contributed by atoms with van der Waals surface area (Å²) in [5.41, 5.74) is 7.99. The zero-order chi connectivity index (χ0) is 23.5. The number of amides is 1. The minimum atomic E-state index is -0.0946. The number of carbonyl (C=O) groups is 1. The first-order valence-corrected chi connectivity index (χ1v) is 11.6. The fourth-order valence-electron chi connectivity index (χ4n) is 3.73. The van der Waals surface area contributed by atoms with Crippen LogP contribution in [0.15, 0.2) is 46.3 Å². The number of nitriles is 1. The molecular formula is C23H20N8O2S. The lowest BCUT2D eigenvalue weighted by molar-refractivity contribution is 0.0766. The number of hydrogen-bond acceptors (Lipinski definition) is 10. The Morgan fingerprint density at radius 1 is 1.21 bits per heavy atom. The maximum Gasteiger partial charge on any atom is 0.270 e. The summed E-state index contributed by atoms with van der Waals surface area (Å²) in [5, 5.41) is 23.1. The van der Waals surface area contributed by atoms with E-state index in [0.717, 1.165) is 24.4 Å². The van der Waals surface area contributed by atoms with Crippen LogP contribution in [0.2, 0.25) is 0 Å². The Balaban J connectivity index is 1.47. The highest BCUT2D eigenvalue weighted by atomic mass is 32.1. The van der Waals surface area contributed by atoms with Gasteiger partial charge in [-0.15, -0.1) is 21.5 Å². The molecule has 1 fully saturated rings. The number of nitrogen functional groups attached to an aromatic ring is 1. The van der Waals surface area contributed by atoms with Gasteiger partial charge < -0.3 is 20.4 Å². The SMILES string of the molecule is N#Cc1cc(C(=O)N2CCCNCC2)ccc1-c1cnc(N)c(-c2nnc(-c3cccs3)o2)n1. The Labute approximate surface area is 199 Å². The van der Waals surface area contributed by atoms with Gasteiger partial charge in [-0.05, 0) is 36.5 Å². The molecule has 0 spiro atoms. The monoisotopic (exact) mass is 472 g/mol. The maximum absolute atomic E-state index is 13.0. The summed E-state index contributed by atoms with van der Waals surface area (Å²) in [5.74, 6) is 0.532. The topological polar surface area (TPSA) is 147 Å². The lowest BCUT2D eigenvalue weighted by Gasteiger charge is -2.20. The van der Waals surface area contributed by atoms with Crippen molar-refractivity contribution < 1.29 is 9.21 Å². The van der Waals surface area contributed by atoms with Crippen LogP contribution >= 0.6 is 11.3 Å². The minimum absolute atomic E-state index is 0.0946. The maximum atomic E-state index is 13.0. The summed E-state index contributed by atoms with van der Waals surface area (Å²) in [6.07, 6.45) is 2.37. The van der Waals surface area contributed by atoms with Gasteiger partial charge in [0, 0.05) is 30.8 Å². The quantitative estimate of drug-likeness (QED) is 0.457. The number of nitrogens with two attached hydrogens (primary N) is 1. The van der Waals surface area contributed by atoms with Crippen molar-refractivity contribution in [2.75, 3.05) is 31.9 Å². The van der Waals surface area contributed by atoms with Crippen molar-refractivity contribution in [3.05, 3.63) is 53.0 Å². The second-order valence-corrected chi connectivity index (χ2v) is 8.59. The van der Waals surface area contributed by atoms with E-state index in [0.29, 0.717) is 41.4 Å². The molecule has 0 radical (unpaired) electrons. The number of nitrogens with one attached hydrogen (secondary N) is 1. The van der Waals surface area contributed by atoms with E-state index in [9.17, 15) is 10.1 Å². The molecule has 34 heavy (non-hydrogen) atoms. The van der Waals surface area contributed by atoms with Crippen LogP contribution in [0.25, 0.3) is 33.6 Å². The molecule has 1 aliphatic rings. The fraction of sp³-hybridized carbons (Fsp3) is 0.217. The molecule has 3 N–H and O–H groups in total. The normalized spacial score (nSPS) is 13.9. The summed E-state index contributed by atoms with van der Waals surface area (Å²) in [6.45, 7) is 2.95. The number of nitrogens with zero attached hydrogens (tertiary/aromatic N) is 6. The molecule has 5 rings (SSSR count). The predicted molar refractivity (Wildman–Crippen MR) is 127 cm³/mol. The van der Waals surface area contributed by atoms with Crippen LogP contribution in [0, 0.1) is 11.3 Å². The van der Waals surface area contributed by atoms with Crippen molar-refractivity contribution in [1.82, 2.24) is 30.4 Å². The molecular weight excluding hydrogens is 452 g/mol. The number of hydrogen-bond donors (Lipinski definition) is 2. The highest BCUT2D eigenvalue weighted by molar-refractivity contribution is 7.13. The molecule has 1 aliphatic heterocycles. The number of aromatic nitrogens is 4. The zero-order valence-corrected chi connectivity index (χ0v) is 18.9. The fourth-order valence-corrected chi connectivity index (χ4v) is 4.37. The largest absolute Gasteiger partial charge is 0.414 e. The van der Waals surface area contributed by atoms with Gasteiger partial charge >= 0.3 is 0 Å². The molecule has 1 amide bonds. The van der Waals surface area contributed by atoms with Gasteiger partial charge in [0.15, 0.2) is 11.5 Å². The first-order chi connectivity index (χ1) is 16.6. The van der Waals surface area contributed by atoms with Crippen LogP contribution in [0.4, 0.5) is 5.82 Å². The summed E-state index contributed by atoms with van der Waals surface area (Å²) in [6, 6.07) is 10.9. The third-order valence-corrected chi connectivity index (χ3v) is 6.31. The van der Waals surface area contributed by atoms with Gasteiger partial charge in [0.2, 0.25) is 0 Å². The van der Waals surface area contributed by atoms with E-state index in [4.69, 9.17) is 10.2 Å². The molecule has 11 heteroatoms. The highest BCUT2D eigenvalue weighted by Crippen LogP contribution is 2.30. The molecule has 4 aromatic rings. The Bertz CT molecular complexity index is 1370. The molecule has 170 valence electrons. The molecule has 0 aliphatic carbocycles. The van der Waals surface area contributed by atoms with Crippen molar-refractivity contribution in [3.8, 4) is 39.7 Å². The van der Waals surface area contributed by atoms with Crippen molar-refractivity contribution >= 4 is 23.1 Å². The van der Waals surface area contributed by atoms with Gasteiger partial charge in [-0.1, -0.05) is 12.1 Å². The second-order valence-electron chi connectivity index (χ2n) is 7.65. The van der Waals surface area contributed by atoms with Gasteiger partial charge in [0.05, 0.1) is 28.4 Å². The summed E-state index contributed by atoms with van der Waals surface area (Å²) >= 11 is 1.47. The summed E-state index contributed by atoms with van der Waals surface area (Å²) in [4.78, 5) is 24.4. The van der Waals surface area contributed by atoms with Crippen molar-refractivity contribution in [2.24, 2.45) is 0 Å². The van der Waals surface area contributed by atoms with E-state index in [1.54, 1.807) is 23.1 Å². The number of benzene rings is 1. The Hall–Kier alpha value is -4.14. The van der Waals surface area contributed by atoms with Crippen LogP contribution in [-0.4, -0.2) is 57.2 Å². The Kier molecular flexibility index (Phi) is 5.99. The third kappa shape index (κ3) is 4.24. The molecule has 0 saturated carbocycles. The average molecular weight is 473 g/mol. The molecule has 0 atom stereocenters. The molecule has 0 bridgehead atoms. The van der Waals surface area contributed by atoms with Crippen LogP contribution < -0.4 is 11.1 Å². The van der Waals surface area contributed by atoms with Gasteiger partial charge in [0.1, 0.15) is 0 Å². The molecule has 3 aromatic heterocycles. The third-order valence-electron chi connectivity index (χ3n) is 5.45. The van der Waals surface area contributed by atoms with Gasteiger partial charge in [-0.25, -0.2) is 9.97 Å². The van der Waals surface area contributed by atoms with Gasteiger partial charge in [0.25, 0.3) is 17.7 Å². The van der Waals surface area contributed by atoms with Crippen LogP contribution in [0.5, 0.6) is 0 Å². The van der Waals surface area contributed by atoms with E-state index < -0.39 is 0 Å². The number of anilines is 1. The molecule has 1 saturated heterocycles. The standard InChI is InChI=1S/C23H20N8O2S/c24-12-15-11-14(23(32)31-8-2-6-26-7-9-31)4-5-16(15)17-13-27-20(25)19(28-17)22-30-29-21(33-22)18-3-1-10-34-18/h1,3-5,10-11,13,26H,2,6-9H2,(H2,25,27). The summed E-state index contributed by atoms with van der Waals surface area (Å²) < 4.78 is 5.76. The second kappa shape index (κ2) is 9.38. The number of thiophene rings is 1. The van der Waals surface area contributed by atoms with Crippen LogP contribution in [0.1, 0.15) is 22.3 Å². The van der Waals surface area contributed by atoms with Crippen molar-refractivity contribution in [2.45, 2.75) is 6.42 Å². The first kappa shape index (κ1) is 21.7. The van der Waals surface area contributed by atoms with E-state index in [1.807, 2.05) is 17.5 Å². The van der Waals surface area contributed by atoms with Gasteiger partial charge in [-0.2, -0.15) is 5.26 Å². The molecule has 1 aromatic carbocycles. The minimum Gasteiger partial charge on any atom is -0.414 e. The highest BCUT2D eigenvalue weighted by Gasteiger charge is 2.21. The lowest BCUT2D eigenvalue weighted by Crippen LogP contribution is -2.34. The first-order valence-electron chi connectivity index (χ1n) is 10.7. The molecule has 4 heterocycles. The van der Waals surface area contributed by atoms with Gasteiger partial charge in [-0.3, -0.25) is 4.79 Å². The van der Waals surface area contributed by atoms with Crippen LogP contribution in [0.3, 0.4) is 0 Å². The smallest absolute Gasteiger partial charge is 0.270 e. The Morgan fingerprint density at radius 2 is 2.09 bits per heavy atom. The number of rotatable bonds is 4. The van der Waals surface area contributed by atoms with E-state index in [1.165, 1.54) is 17.5 Å².